The fraction of sp³-hybridized carbons (Fsp3) is 0.200. The number of phenols is 1. The number of anilines is 1. The first-order valence-electron chi connectivity index (χ1n) is 5.85. The highest BCUT2D eigenvalue weighted by atomic mass is 79.9. The van der Waals surface area contributed by atoms with Gasteiger partial charge in [0.1, 0.15) is 5.75 Å². The lowest BCUT2D eigenvalue weighted by Gasteiger charge is -2.12. The Morgan fingerprint density at radius 1 is 1.11 bits per heavy atom. The smallest absolute Gasteiger partial charge is 0.118 e. The summed E-state index contributed by atoms with van der Waals surface area (Å²) in [7, 11) is 0. The predicted molar refractivity (Wildman–Crippen MR) is 79.0 cm³/mol. The first kappa shape index (κ1) is 13.0. The molecule has 2 aromatic rings. The highest BCUT2D eigenvalue weighted by Crippen LogP contribution is 2.25. The minimum absolute atomic E-state index is 0.348. The number of nitrogens with one attached hydrogen (secondary N) is 1. The van der Waals surface area contributed by atoms with E-state index >= 15 is 0 Å². The van der Waals surface area contributed by atoms with Gasteiger partial charge in [0.05, 0.1) is 0 Å². The summed E-state index contributed by atoms with van der Waals surface area (Å²) >= 11 is 3.46. The summed E-state index contributed by atoms with van der Waals surface area (Å²) in [6.07, 6.45) is 0. The second-order valence-corrected chi connectivity index (χ2v) is 5.35. The average Bonchev–Trinajstić information content (AvgIpc) is 2.32. The van der Waals surface area contributed by atoms with Crippen LogP contribution >= 0.6 is 15.9 Å². The molecule has 3 heteroatoms. The van der Waals surface area contributed by atoms with Crippen LogP contribution in [0.2, 0.25) is 0 Å². The lowest BCUT2D eigenvalue weighted by atomic mass is 10.1. The van der Waals surface area contributed by atoms with E-state index < -0.39 is 0 Å². The van der Waals surface area contributed by atoms with Gasteiger partial charge >= 0.3 is 0 Å². The van der Waals surface area contributed by atoms with Gasteiger partial charge in [-0.15, -0.1) is 0 Å². The molecule has 0 aliphatic rings. The van der Waals surface area contributed by atoms with Crippen LogP contribution in [0.15, 0.2) is 40.9 Å². The van der Waals surface area contributed by atoms with Crippen LogP contribution in [0, 0.1) is 13.8 Å². The average molecular weight is 306 g/mol. The molecule has 0 radical (unpaired) electrons. The van der Waals surface area contributed by atoms with Crippen molar-refractivity contribution in [2.75, 3.05) is 5.32 Å². The van der Waals surface area contributed by atoms with Crippen molar-refractivity contribution in [3.63, 3.8) is 0 Å². The summed E-state index contributed by atoms with van der Waals surface area (Å²) in [6, 6.07) is 12.0. The van der Waals surface area contributed by atoms with Gasteiger partial charge in [-0.1, -0.05) is 28.1 Å². The Bertz CT molecular complexity index is 566. The molecule has 2 N–H and O–H groups in total. The molecule has 0 atom stereocenters. The molecule has 0 aromatic heterocycles. The summed E-state index contributed by atoms with van der Waals surface area (Å²) in [5.74, 6) is 0.348. The topological polar surface area (TPSA) is 32.3 Å². The molecule has 0 amide bonds. The zero-order chi connectivity index (χ0) is 13.1. The lowest BCUT2D eigenvalue weighted by molar-refractivity contribution is 0.471. The van der Waals surface area contributed by atoms with Gasteiger partial charge in [-0.25, -0.2) is 0 Å². The maximum absolute atomic E-state index is 9.61. The summed E-state index contributed by atoms with van der Waals surface area (Å²) in [4.78, 5) is 0. The molecule has 2 rings (SSSR count). The minimum Gasteiger partial charge on any atom is -0.508 e. The molecule has 0 bridgehead atoms. The van der Waals surface area contributed by atoms with Gasteiger partial charge in [0.25, 0.3) is 0 Å². The fourth-order valence-corrected chi connectivity index (χ4v) is 2.28. The Kier molecular flexibility index (Phi) is 3.92. The van der Waals surface area contributed by atoms with Crippen molar-refractivity contribution in [3.05, 3.63) is 57.6 Å². The predicted octanol–water partition coefficient (Wildman–Crippen LogP) is 4.38. The third-order valence-corrected chi connectivity index (χ3v) is 3.41. The number of rotatable bonds is 3. The number of aromatic hydroxyl groups is 1. The maximum atomic E-state index is 9.61. The standard InChI is InChI=1S/C15H16BrNO/c1-10-7-15(18)11(2)6-14(10)17-9-12-4-3-5-13(16)8-12/h3-8,17-18H,9H2,1-2H3. The van der Waals surface area contributed by atoms with E-state index in [1.54, 1.807) is 6.07 Å². The largest absolute Gasteiger partial charge is 0.508 e. The second-order valence-electron chi connectivity index (χ2n) is 4.44. The summed E-state index contributed by atoms with van der Waals surface area (Å²) in [6.45, 7) is 4.66. The van der Waals surface area contributed by atoms with Crippen molar-refractivity contribution >= 4 is 21.6 Å². The molecule has 2 aromatic carbocycles. The molecule has 18 heavy (non-hydrogen) atoms. The monoisotopic (exact) mass is 305 g/mol. The highest BCUT2D eigenvalue weighted by molar-refractivity contribution is 9.10. The fourth-order valence-electron chi connectivity index (χ4n) is 1.84. The van der Waals surface area contributed by atoms with Gasteiger partial charge in [0.15, 0.2) is 0 Å². The van der Waals surface area contributed by atoms with E-state index in [0.717, 1.165) is 27.8 Å². The number of halogens is 1. The lowest BCUT2D eigenvalue weighted by Crippen LogP contribution is -2.01. The Balaban J connectivity index is 2.13. The van der Waals surface area contributed by atoms with Crippen molar-refractivity contribution in [1.29, 1.82) is 0 Å². The SMILES string of the molecule is Cc1cc(NCc2cccc(Br)c2)c(C)cc1O. The van der Waals surface area contributed by atoms with Crippen molar-refractivity contribution in [1.82, 2.24) is 0 Å². The molecule has 0 fully saturated rings. The van der Waals surface area contributed by atoms with E-state index in [2.05, 4.69) is 33.4 Å². The number of phenolic OH excluding ortho intramolecular Hbond substituents is 1. The van der Waals surface area contributed by atoms with E-state index in [-0.39, 0.29) is 0 Å². The first-order chi connectivity index (χ1) is 8.56. The third kappa shape index (κ3) is 3.05. The van der Waals surface area contributed by atoms with Crippen LogP contribution < -0.4 is 5.32 Å². The molecule has 0 heterocycles. The van der Waals surface area contributed by atoms with Crippen LogP contribution in [0.1, 0.15) is 16.7 Å². The zero-order valence-electron chi connectivity index (χ0n) is 10.5. The van der Waals surface area contributed by atoms with E-state index in [4.69, 9.17) is 0 Å². The van der Waals surface area contributed by atoms with Crippen LogP contribution in [-0.4, -0.2) is 5.11 Å². The molecule has 0 aliphatic carbocycles. The Hall–Kier alpha value is -1.48. The number of aryl methyl sites for hydroxylation is 2. The highest BCUT2D eigenvalue weighted by Gasteiger charge is 2.03. The molecule has 0 saturated heterocycles. The molecule has 2 nitrogen and oxygen atoms in total. The zero-order valence-corrected chi connectivity index (χ0v) is 12.1. The van der Waals surface area contributed by atoms with Gasteiger partial charge in [-0.3, -0.25) is 0 Å². The minimum atomic E-state index is 0.348. The van der Waals surface area contributed by atoms with Gasteiger partial charge in [-0.05, 0) is 54.8 Å². The van der Waals surface area contributed by atoms with Crippen molar-refractivity contribution in [3.8, 4) is 5.75 Å². The van der Waals surface area contributed by atoms with Gasteiger partial charge in [0, 0.05) is 16.7 Å². The normalized spacial score (nSPS) is 10.4. The van der Waals surface area contributed by atoms with Gasteiger partial charge < -0.3 is 10.4 Å². The number of hydrogen-bond donors (Lipinski definition) is 2. The van der Waals surface area contributed by atoms with Crippen LogP contribution in [-0.2, 0) is 6.54 Å². The van der Waals surface area contributed by atoms with Crippen molar-refractivity contribution < 1.29 is 5.11 Å². The van der Waals surface area contributed by atoms with E-state index in [9.17, 15) is 5.11 Å². The Morgan fingerprint density at radius 2 is 1.89 bits per heavy atom. The number of hydrogen-bond acceptors (Lipinski definition) is 2. The van der Waals surface area contributed by atoms with E-state index in [1.165, 1.54) is 5.56 Å². The molecule has 0 unspecified atom stereocenters. The van der Waals surface area contributed by atoms with Crippen molar-refractivity contribution in [2.24, 2.45) is 0 Å². The molecular formula is C15H16BrNO. The summed E-state index contributed by atoms with van der Waals surface area (Å²) in [5.41, 5.74) is 4.21. The van der Waals surface area contributed by atoms with Crippen LogP contribution in [0.3, 0.4) is 0 Å². The molecule has 0 aliphatic heterocycles. The third-order valence-electron chi connectivity index (χ3n) is 2.91. The van der Waals surface area contributed by atoms with Crippen LogP contribution in [0.5, 0.6) is 5.75 Å². The molecule has 94 valence electrons. The first-order valence-corrected chi connectivity index (χ1v) is 6.64. The summed E-state index contributed by atoms with van der Waals surface area (Å²) in [5, 5.41) is 13.0. The Labute approximate surface area is 116 Å². The van der Waals surface area contributed by atoms with Gasteiger partial charge in [-0.2, -0.15) is 0 Å². The van der Waals surface area contributed by atoms with E-state index in [1.807, 2.05) is 32.0 Å². The van der Waals surface area contributed by atoms with Crippen molar-refractivity contribution in [2.45, 2.75) is 20.4 Å². The molecule has 0 spiro atoms. The molecule has 0 saturated carbocycles. The molecular weight excluding hydrogens is 290 g/mol. The second kappa shape index (κ2) is 5.44. The van der Waals surface area contributed by atoms with Crippen LogP contribution in [0.4, 0.5) is 5.69 Å². The van der Waals surface area contributed by atoms with E-state index in [0.29, 0.717) is 5.75 Å². The number of benzene rings is 2. The summed E-state index contributed by atoms with van der Waals surface area (Å²) < 4.78 is 1.08. The quantitative estimate of drug-likeness (QED) is 0.825. The van der Waals surface area contributed by atoms with Gasteiger partial charge in [0.2, 0.25) is 0 Å². The Morgan fingerprint density at radius 3 is 2.61 bits per heavy atom. The maximum Gasteiger partial charge on any atom is 0.118 e. The van der Waals surface area contributed by atoms with Crippen LogP contribution in [0.25, 0.3) is 0 Å².